The summed E-state index contributed by atoms with van der Waals surface area (Å²) in [5, 5.41) is 2.63. The van der Waals surface area contributed by atoms with Gasteiger partial charge in [0.25, 0.3) is 5.91 Å². The molecule has 0 bridgehead atoms. The summed E-state index contributed by atoms with van der Waals surface area (Å²) in [4.78, 5) is 40.0. The van der Waals surface area contributed by atoms with Crippen LogP contribution >= 0.6 is 12.2 Å². The fourth-order valence-corrected chi connectivity index (χ4v) is 4.21. The lowest BCUT2D eigenvalue weighted by molar-refractivity contribution is -0.155. The van der Waals surface area contributed by atoms with Gasteiger partial charge in [-0.2, -0.15) is 0 Å². The number of benzene rings is 1. The van der Waals surface area contributed by atoms with Crippen molar-refractivity contribution >= 4 is 35.1 Å². The summed E-state index contributed by atoms with van der Waals surface area (Å²) in [6.45, 7) is 8.83. The quantitative estimate of drug-likeness (QED) is 0.293. The summed E-state index contributed by atoms with van der Waals surface area (Å²) >= 11 is 5.66. The van der Waals surface area contributed by atoms with Crippen LogP contribution in [0.15, 0.2) is 54.3 Å². The molecular formula is C24H28N2O5S. The number of ether oxygens (including phenoxy) is 2. The lowest BCUT2D eigenvalue weighted by Crippen LogP contribution is -2.72. The molecule has 0 aromatic heterocycles. The Bertz CT molecular complexity index is 964. The van der Waals surface area contributed by atoms with E-state index in [0.29, 0.717) is 29.7 Å². The highest BCUT2D eigenvalue weighted by molar-refractivity contribution is 7.80. The minimum absolute atomic E-state index is 0.0212. The third-order valence-electron chi connectivity index (χ3n) is 5.18. The monoisotopic (exact) mass is 456 g/mol. The molecule has 1 aromatic rings. The standard InChI is InChI=1S/C24H28N2O5S/c1-5-13-30-22(28)20-16(18(32)14-15-9-7-6-8-10-15)11-12-17-19(21(27)26(17)20)25-23(29)31-24(2,3)4/h5-10,17,19H,1,11-14H2,2-4H3,(H,25,29)/t17-,19+/m1/s1. The first-order valence-corrected chi connectivity index (χ1v) is 10.9. The van der Waals surface area contributed by atoms with Crippen LogP contribution in [-0.4, -0.2) is 52.0 Å². The van der Waals surface area contributed by atoms with Gasteiger partial charge in [-0.05, 0) is 44.7 Å². The highest BCUT2D eigenvalue weighted by atomic mass is 32.1. The topological polar surface area (TPSA) is 84.9 Å². The first-order chi connectivity index (χ1) is 15.1. The fraction of sp³-hybridized carbons (Fsp3) is 0.417. The van der Waals surface area contributed by atoms with Gasteiger partial charge in [0.15, 0.2) is 0 Å². The minimum Gasteiger partial charge on any atom is -0.457 e. The molecule has 2 heterocycles. The molecule has 1 saturated heterocycles. The van der Waals surface area contributed by atoms with Gasteiger partial charge in [0.05, 0.1) is 6.04 Å². The Morgan fingerprint density at radius 3 is 2.59 bits per heavy atom. The highest BCUT2D eigenvalue weighted by Crippen LogP contribution is 2.38. The SMILES string of the molecule is C=CCOC(=O)C1=C(C(=S)Cc2ccccc2)CC[C@@H]2[C@H](NC(=O)OC(C)(C)C)C(=O)N12. The van der Waals surface area contributed by atoms with Crippen molar-refractivity contribution in [3.63, 3.8) is 0 Å². The molecule has 0 radical (unpaired) electrons. The summed E-state index contributed by atoms with van der Waals surface area (Å²) in [6, 6.07) is 8.59. The van der Waals surface area contributed by atoms with Gasteiger partial charge < -0.3 is 14.8 Å². The number of fused-ring (bicyclic) bond motifs is 1. The maximum Gasteiger partial charge on any atom is 0.408 e. The maximum atomic E-state index is 13.0. The van der Waals surface area contributed by atoms with Crippen molar-refractivity contribution < 1.29 is 23.9 Å². The number of carbonyl (C=O) groups is 3. The number of amides is 2. The predicted molar refractivity (Wildman–Crippen MR) is 124 cm³/mol. The van der Waals surface area contributed by atoms with E-state index < -0.39 is 23.7 Å². The molecule has 7 nitrogen and oxygen atoms in total. The van der Waals surface area contributed by atoms with Crippen molar-refractivity contribution in [2.75, 3.05) is 6.61 Å². The number of thiocarbonyl (C=S) groups is 1. The fourth-order valence-electron chi connectivity index (χ4n) is 3.85. The summed E-state index contributed by atoms with van der Waals surface area (Å²) in [6.07, 6.45) is 2.35. The molecule has 170 valence electrons. The molecule has 32 heavy (non-hydrogen) atoms. The first-order valence-electron chi connectivity index (χ1n) is 10.5. The third-order valence-corrected chi connectivity index (χ3v) is 5.57. The zero-order chi connectivity index (χ0) is 23.5. The lowest BCUT2D eigenvalue weighted by atomic mass is 9.82. The van der Waals surface area contributed by atoms with Gasteiger partial charge in [0.2, 0.25) is 0 Å². The van der Waals surface area contributed by atoms with E-state index in [1.807, 2.05) is 30.3 Å². The minimum atomic E-state index is -0.753. The van der Waals surface area contributed by atoms with Crippen molar-refractivity contribution in [1.29, 1.82) is 0 Å². The van der Waals surface area contributed by atoms with Crippen LogP contribution in [-0.2, 0) is 25.5 Å². The molecule has 2 atom stereocenters. The molecule has 1 fully saturated rings. The predicted octanol–water partition coefficient (Wildman–Crippen LogP) is 3.48. The number of rotatable bonds is 7. The Balaban J connectivity index is 1.83. The van der Waals surface area contributed by atoms with Crippen molar-refractivity contribution in [3.8, 4) is 0 Å². The maximum absolute atomic E-state index is 13.0. The normalized spacial score (nSPS) is 20.1. The van der Waals surface area contributed by atoms with Gasteiger partial charge in [0.1, 0.15) is 23.9 Å². The Hall–Kier alpha value is -3.00. The Morgan fingerprint density at radius 2 is 1.97 bits per heavy atom. The summed E-state index contributed by atoms with van der Waals surface area (Å²) in [5.41, 5.74) is 1.14. The molecule has 1 aromatic carbocycles. The number of hydrogen-bond donors (Lipinski definition) is 1. The van der Waals surface area contributed by atoms with Gasteiger partial charge in [0, 0.05) is 11.3 Å². The second-order valence-corrected chi connectivity index (χ2v) is 9.23. The molecule has 0 aliphatic carbocycles. The highest BCUT2D eigenvalue weighted by Gasteiger charge is 2.54. The third kappa shape index (κ3) is 5.24. The number of hydrogen-bond acceptors (Lipinski definition) is 6. The van der Waals surface area contributed by atoms with E-state index in [-0.39, 0.29) is 24.3 Å². The van der Waals surface area contributed by atoms with E-state index >= 15 is 0 Å². The van der Waals surface area contributed by atoms with E-state index in [0.717, 1.165) is 5.56 Å². The van der Waals surface area contributed by atoms with Crippen molar-refractivity contribution in [3.05, 3.63) is 59.8 Å². The summed E-state index contributed by atoms with van der Waals surface area (Å²) in [5.74, 6) is -1.00. The zero-order valence-electron chi connectivity index (χ0n) is 18.6. The second-order valence-electron chi connectivity index (χ2n) is 8.74. The first kappa shape index (κ1) is 23.7. The van der Waals surface area contributed by atoms with Crippen LogP contribution in [0, 0.1) is 0 Å². The molecule has 1 N–H and O–H groups in total. The summed E-state index contributed by atoms with van der Waals surface area (Å²) in [7, 11) is 0. The van der Waals surface area contributed by atoms with Crippen LogP contribution in [0.5, 0.6) is 0 Å². The number of alkyl carbamates (subject to hydrolysis) is 1. The molecule has 2 amide bonds. The van der Waals surface area contributed by atoms with Gasteiger partial charge >= 0.3 is 12.1 Å². The molecule has 8 heteroatoms. The zero-order valence-corrected chi connectivity index (χ0v) is 19.4. The number of allylic oxidation sites excluding steroid dienone is 1. The largest absolute Gasteiger partial charge is 0.457 e. The molecule has 3 rings (SSSR count). The number of carbonyl (C=O) groups excluding carboxylic acids is 3. The van der Waals surface area contributed by atoms with Gasteiger partial charge in [-0.1, -0.05) is 55.2 Å². The van der Waals surface area contributed by atoms with Crippen LogP contribution < -0.4 is 5.32 Å². The lowest BCUT2D eigenvalue weighted by Gasteiger charge is -2.50. The molecule has 0 saturated carbocycles. The number of β-lactam (4-membered cyclic amide) rings is 1. The van der Waals surface area contributed by atoms with E-state index in [2.05, 4.69) is 11.9 Å². The van der Waals surface area contributed by atoms with Gasteiger partial charge in [-0.3, -0.25) is 9.69 Å². The van der Waals surface area contributed by atoms with E-state index in [9.17, 15) is 14.4 Å². The Labute approximate surface area is 193 Å². The van der Waals surface area contributed by atoms with Crippen LogP contribution in [0.3, 0.4) is 0 Å². The molecular weight excluding hydrogens is 428 g/mol. The molecule has 0 spiro atoms. The van der Waals surface area contributed by atoms with E-state index in [1.165, 1.54) is 11.0 Å². The Morgan fingerprint density at radius 1 is 1.28 bits per heavy atom. The number of esters is 1. The van der Waals surface area contributed by atoms with Crippen LogP contribution in [0.25, 0.3) is 0 Å². The number of nitrogens with zero attached hydrogens (tertiary/aromatic N) is 1. The smallest absolute Gasteiger partial charge is 0.408 e. The van der Waals surface area contributed by atoms with E-state index in [4.69, 9.17) is 21.7 Å². The van der Waals surface area contributed by atoms with Crippen molar-refractivity contribution in [1.82, 2.24) is 10.2 Å². The van der Waals surface area contributed by atoms with Crippen LogP contribution in [0.4, 0.5) is 4.79 Å². The average molecular weight is 457 g/mol. The Kier molecular flexibility index (Phi) is 7.13. The number of nitrogens with one attached hydrogen (secondary N) is 1. The summed E-state index contributed by atoms with van der Waals surface area (Å²) < 4.78 is 10.5. The van der Waals surface area contributed by atoms with Gasteiger partial charge in [-0.25, -0.2) is 9.59 Å². The van der Waals surface area contributed by atoms with Crippen LogP contribution in [0.1, 0.15) is 39.2 Å². The molecule has 2 aliphatic rings. The molecule has 0 unspecified atom stereocenters. The van der Waals surface area contributed by atoms with Gasteiger partial charge in [-0.15, -0.1) is 0 Å². The second kappa shape index (κ2) is 9.65. The van der Waals surface area contributed by atoms with Crippen LogP contribution in [0.2, 0.25) is 0 Å². The van der Waals surface area contributed by atoms with Crippen molar-refractivity contribution in [2.45, 2.75) is 57.7 Å². The van der Waals surface area contributed by atoms with Crippen molar-refractivity contribution in [2.24, 2.45) is 0 Å². The van der Waals surface area contributed by atoms with E-state index in [1.54, 1.807) is 20.8 Å². The average Bonchev–Trinajstić information content (AvgIpc) is 2.74. The molecule has 2 aliphatic heterocycles.